The number of aromatic nitrogens is 2. The average molecular weight is 330 g/mol. The lowest BCUT2D eigenvalue weighted by molar-refractivity contribution is 1.14. The average Bonchev–Trinajstić information content (AvgIpc) is 2.63. The first-order chi connectivity index (χ1) is 12.2. The topological polar surface area (TPSA) is 49.8 Å². The highest BCUT2D eigenvalue weighted by molar-refractivity contribution is 5.67. The largest absolute Gasteiger partial charge is 0.366 e. The Morgan fingerprint density at radius 2 is 1.80 bits per heavy atom. The summed E-state index contributed by atoms with van der Waals surface area (Å²) in [4.78, 5) is 9.27. The van der Waals surface area contributed by atoms with E-state index >= 15 is 0 Å². The van der Waals surface area contributed by atoms with Gasteiger partial charge in [0.15, 0.2) is 0 Å². The fourth-order valence-electron chi connectivity index (χ4n) is 2.52. The lowest BCUT2D eigenvalue weighted by atomic mass is 10.1. The normalized spacial score (nSPS) is 10.3. The Kier molecular flexibility index (Phi) is 5.09. The first-order valence-corrected chi connectivity index (χ1v) is 8.29. The third-order valence-corrected chi connectivity index (χ3v) is 3.86. The summed E-state index contributed by atoms with van der Waals surface area (Å²) in [6.07, 6.45) is 1.81. The molecule has 0 radical (unpaired) electrons. The molecule has 2 N–H and O–H groups in total. The smallest absolute Gasteiger partial charge is 0.229 e. The zero-order valence-electron chi connectivity index (χ0n) is 14.6. The summed E-state index contributed by atoms with van der Waals surface area (Å²) in [5.74, 6) is 1.34. The van der Waals surface area contributed by atoms with Gasteiger partial charge in [-0.05, 0) is 31.0 Å². The van der Waals surface area contributed by atoms with Crippen molar-refractivity contribution in [2.24, 2.45) is 0 Å². The van der Waals surface area contributed by atoms with Crippen molar-refractivity contribution >= 4 is 17.5 Å². The highest BCUT2D eigenvalue weighted by atomic mass is 15.1. The number of anilines is 3. The molecule has 0 saturated carbocycles. The zero-order chi connectivity index (χ0) is 17.6. The molecule has 1 heterocycles. The molecular weight excluding hydrogens is 308 g/mol. The molecule has 3 aromatic rings. The predicted octanol–water partition coefficient (Wildman–Crippen LogP) is 5.10. The fraction of sp³-hybridized carbons (Fsp3) is 0.143. The van der Waals surface area contributed by atoms with Crippen LogP contribution in [-0.4, -0.2) is 16.5 Å². The van der Waals surface area contributed by atoms with E-state index in [2.05, 4.69) is 59.2 Å². The Morgan fingerprint density at radius 3 is 2.56 bits per heavy atom. The molecule has 4 nitrogen and oxygen atoms in total. The van der Waals surface area contributed by atoms with Gasteiger partial charge in [0.1, 0.15) is 5.82 Å². The van der Waals surface area contributed by atoms with Crippen molar-refractivity contribution in [2.45, 2.75) is 13.8 Å². The van der Waals surface area contributed by atoms with Crippen molar-refractivity contribution in [3.8, 4) is 11.3 Å². The van der Waals surface area contributed by atoms with Crippen molar-refractivity contribution in [1.29, 1.82) is 0 Å². The summed E-state index contributed by atoms with van der Waals surface area (Å²) in [6, 6.07) is 18.3. The molecule has 0 atom stereocenters. The van der Waals surface area contributed by atoms with Crippen LogP contribution in [0.25, 0.3) is 11.3 Å². The number of nitrogens with one attached hydrogen (secondary N) is 2. The maximum atomic E-state index is 4.69. The second-order valence-electron chi connectivity index (χ2n) is 5.94. The van der Waals surface area contributed by atoms with Gasteiger partial charge in [-0.25, -0.2) is 4.98 Å². The van der Waals surface area contributed by atoms with Crippen molar-refractivity contribution < 1.29 is 0 Å². The third kappa shape index (κ3) is 4.23. The standard InChI is InChI=1S/C21H22N4/c1-4-12-22-20-14-19(17-8-6-5-7-9-17)24-21(25-20)23-18-13-15(2)10-11-16(18)3/h4-11,13-14H,1,12H2,2-3H3,(H2,22,23,24,25). The van der Waals surface area contributed by atoms with Crippen LogP contribution in [0.1, 0.15) is 11.1 Å². The number of rotatable bonds is 6. The number of aryl methyl sites for hydroxylation is 2. The molecule has 3 rings (SSSR count). The van der Waals surface area contributed by atoms with Crippen LogP contribution in [-0.2, 0) is 0 Å². The molecule has 0 amide bonds. The minimum absolute atomic E-state index is 0.571. The molecule has 0 saturated heterocycles. The van der Waals surface area contributed by atoms with Gasteiger partial charge < -0.3 is 10.6 Å². The van der Waals surface area contributed by atoms with E-state index in [1.165, 1.54) is 5.56 Å². The molecule has 126 valence electrons. The summed E-state index contributed by atoms with van der Waals surface area (Å²) < 4.78 is 0. The summed E-state index contributed by atoms with van der Waals surface area (Å²) in [6.45, 7) is 8.53. The summed E-state index contributed by atoms with van der Waals surface area (Å²) in [7, 11) is 0. The Hall–Kier alpha value is -3.14. The highest BCUT2D eigenvalue weighted by Crippen LogP contribution is 2.24. The van der Waals surface area contributed by atoms with Crippen LogP contribution in [0.5, 0.6) is 0 Å². The number of benzene rings is 2. The molecule has 0 fully saturated rings. The quantitative estimate of drug-likeness (QED) is 0.617. The maximum absolute atomic E-state index is 4.69. The minimum Gasteiger partial charge on any atom is -0.366 e. The SMILES string of the molecule is C=CCNc1cc(-c2ccccc2)nc(Nc2cc(C)ccc2C)n1. The molecule has 4 heteroatoms. The molecule has 1 aromatic heterocycles. The van der Waals surface area contributed by atoms with Gasteiger partial charge in [-0.3, -0.25) is 0 Å². The molecule has 2 aromatic carbocycles. The molecule has 0 aliphatic heterocycles. The maximum Gasteiger partial charge on any atom is 0.229 e. The summed E-state index contributed by atoms with van der Waals surface area (Å²) >= 11 is 0. The monoisotopic (exact) mass is 330 g/mol. The Bertz CT molecular complexity index is 872. The van der Waals surface area contributed by atoms with E-state index in [0.29, 0.717) is 12.5 Å². The second-order valence-corrected chi connectivity index (χ2v) is 5.94. The highest BCUT2D eigenvalue weighted by Gasteiger charge is 2.08. The Balaban J connectivity index is 1.99. The van der Waals surface area contributed by atoms with E-state index in [1.54, 1.807) is 0 Å². The number of hydrogen-bond donors (Lipinski definition) is 2. The summed E-state index contributed by atoms with van der Waals surface area (Å²) in [5, 5.41) is 6.60. The molecule has 0 bridgehead atoms. The van der Waals surface area contributed by atoms with Crippen molar-refractivity contribution in [3.63, 3.8) is 0 Å². The minimum atomic E-state index is 0.571. The zero-order valence-corrected chi connectivity index (χ0v) is 14.6. The van der Waals surface area contributed by atoms with Crippen LogP contribution in [0.3, 0.4) is 0 Å². The number of hydrogen-bond acceptors (Lipinski definition) is 4. The first kappa shape index (κ1) is 16.7. The predicted molar refractivity (Wildman–Crippen MR) is 105 cm³/mol. The van der Waals surface area contributed by atoms with Crippen molar-refractivity contribution in [3.05, 3.63) is 78.4 Å². The molecular formula is C21H22N4. The molecule has 0 aliphatic carbocycles. The lowest BCUT2D eigenvalue weighted by Gasteiger charge is -2.12. The van der Waals surface area contributed by atoms with Gasteiger partial charge >= 0.3 is 0 Å². The van der Waals surface area contributed by atoms with Gasteiger partial charge in [0.2, 0.25) is 5.95 Å². The Labute approximate surface area is 148 Å². The van der Waals surface area contributed by atoms with Crippen LogP contribution >= 0.6 is 0 Å². The van der Waals surface area contributed by atoms with E-state index in [4.69, 9.17) is 0 Å². The van der Waals surface area contributed by atoms with Crippen LogP contribution in [0, 0.1) is 13.8 Å². The van der Waals surface area contributed by atoms with Crippen LogP contribution < -0.4 is 10.6 Å². The van der Waals surface area contributed by atoms with Gasteiger partial charge in [-0.15, -0.1) is 6.58 Å². The van der Waals surface area contributed by atoms with Gasteiger partial charge in [0.25, 0.3) is 0 Å². The Morgan fingerprint density at radius 1 is 1.00 bits per heavy atom. The van der Waals surface area contributed by atoms with Crippen molar-refractivity contribution in [1.82, 2.24) is 9.97 Å². The van der Waals surface area contributed by atoms with E-state index in [1.807, 2.05) is 42.5 Å². The van der Waals surface area contributed by atoms with Gasteiger partial charge in [-0.1, -0.05) is 48.5 Å². The molecule has 25 heavy (non-hydrogen) atoms. The van der Waals surface area contributed by atoms with Crippen LogP contribution in [0.15, 0.2) is 67.3 Å². The molecule has 0 aliphatic rings. The van der Waals surface area contributed by atoms with E-state index in [0.717, 1.165) is 28.3 Å². The van der Waals surface area contributed by atoms with Gasteiger partial charge in [-0.2, -0.15) is 4.98 Å². The van der Waals surface area contributed by atoms with Crippen LogP contribution in [0.4, 0.5) is 17.5 Å². The van der Waals surface area contributed by atoms with Crippen molar-refractivity contribution in [2.75, 3.05) is 17.2 Å². The lowest BCUT2D eigenvalue weighted by Crippen LogP contribution is -2.06. The fourth-order valence-corrected chi connectivity index (χ4v) is 2.52. The van der Waals surface area contributed by atoms with E-state index in [-0.39, 0.29) is 0 Å². The molecule has 0 unspecified atom stereocenters. The number of nitrogens with zero attached hydrogens (tertiary/aromatic N) is 2. The van der Waals surface area contributed by atoms with Crippen LogP contribution in [0.2, 0.25) is 0 Å². The molecule has 0 spiro atoms. The van der Waals surface area contributed by atoms with E-state index < -0.39 is 0 Å². The second kappa shape index (κ2) is 7.62. The first-order valence-electron chi connectivity index (χ1n) is 8.29. The summed E-state index contributed by atoms with van der Waals surface area (Å²) in [5.41, 5.74) is 5.28. The van der Waals surface area contributed by atoms with Gasteiger partial charge in [0, 0.05) is 23.9 Å². The van der Waals surface area contributed by atoms with E-state index in [9.17, 15) is 0 Å². The third-order valence-electron chi connectivity index (χ3n) is 3.86. The van der Waals surface area contributed by atoms with Gasteiger partial charge in [0.05, 0.1) is 5.69 Å².